The molecule has 3 aromatic rings. The van der Waals surface area contributed by atoms with Gasteiger partial charge in [0.25, 0.3) is 0 Å². The van der Waals surface area contributed by atoms with E-state index in [2.05, 4.69) is 9.97 Å². The predicted octanol–water partition coefficient (Wildman–Crippen LogP) is 4.48. The van der Waals surface area contributed by atoms with Crippen LogP contribution >= 0.6 is 0 Å². The molecular formula is C19H14F3N3. The van der Waals surface area contributed by atoms with Crippen LogP contribution in [0, 0.1) is 17.5 Å². The summed E-state index contributed by atoms with van der Waals surface area (Å²) in [6.07, 6.45) is 3.64. The van der Waals surface area contributed by atoms with Gasteiger partial charge in [0.1, 0.15) is 23.3 Å². The summed E-state index contributed by atoms with van der Waals surface area (Å²) in [6, 6.07) is 9.78. The van der Waals surface area contributed by atoms with Crippen molar-refractivity contribution >= 4 is 6.08 Å². The average molecular weight is 341 g/mol. The fourth-order valence-corrected chi connectivity index (χ4v) is 2.86. The lowest BCUT2D eigenvalue weighted by Gasteiger charge is -2.23. The Labute approximate surface area is 142 Å². The number of nitrogens with zero attached hydrogens (tertiary/aromatic N) is 2. The van der Waals surface area contributed by atoms with E-state index >= 15 is 0 Å². The molecular weight excluding hydrogens is 327 g/mol. The topological polar surface area (TPSA) is 31.9 Å². The first-order valence-electron chi connectivity index (χ1n) is 7.79. The van der Waals surface area contributed by atoms with Crippen molar-refractivity contribution < 1.29 is 13.2 Å². The summed E-state index contributed by atoms with van der Waals surface area (Å²) in [6.45, 7) is 0.821. The maximum atomic E-state index is 13.8. The summed E-state index contributed by atoms with van der Waals surface area (Å²) in [7, 11) is 0. The summed E-state index contributed by atoms with van der Waals surface area (Å²) >= 11 is 0. The second-order valence-corrected chi connectivity index (χ2v) is 5.92. The van der Waals surface area contributed by atoms with Crippen LogP contribution in [0.2, 0.25) is 0 Å². The Morgan fingerprint density at radius 1 is 1.04 bits per heavy atom. The van der Waals surface area contributed by atoms with Crippen LogP contribution in [0.5, 0.6) is 0 Å². The highest BCUT2D eigenvalue weighted by Gasteiger charge is 2.17. The van der Waals surface area contributed by atoms with Crippen molar-refractivity contribution in [2.45, 2.75) is 13.1 Å². The fourth-order valence-electron chi connectivity index (χ4n) is 2.86. The Hall–Kier alpha value is -3.02. The van der Waals surface area contributed by atoms with Gasteiger partial charge in [0, 0.05) is 29.9 Å². The molecule has 0 saturated heterocycles. The van der Waals surface area contributed by atoms with Gasteiger partial charge in [-0.25, -0.2) is 18.2 Å². The van der Waals surface area contributed by atoms with E-state index in [9.17, 15) is 13.2 Å². The minimum Gasteiger partial charge on any atom is -0.367 e. The van der Waals surface area contributed by atoms with Gasteiger partial charge in [0.05, 0.1) is 17.9 Å². The molecule has 1 N–H and O–H groups in total. The molecule has 2 heterocycles. The van der Waals surface area contributed by atoms with E-state index in [-0.39, 0.29) is 5.82 Å². The number of imidazole rings is 1. The fraction of sp³-hybridized carbons (Fsp3) is 0.105. The molecule has 126 valence electrons. The summed E-state index contributed by atoms with van der Waals surface area (Å²) in [5.41, 5.74) is 2.72. The van der Waals surface area contributed by atoms with Crippen LogP contribution < -0.4 is 0 Å². The summed E-state index contributed by atoms with van der Waals surface area (Å²) in [5, 5.41) is 0. The molecule has 0 saturated carbocycles. The molecule has 1 aromatic heterocycles. The third-order valence-corrected chi connectivity index (χ3v) is 4.10. The van der Waals surface area contributed by atoms with Crippen molar-refractivity contribution in [1.82, 2.24) is 14.9 Å². The van der Waals surface area contributed by atoms with Gasteiger partial charge < -0.3 is 9.88 Å². The number of H-pyrrole nitrogens is 1. The smallest absolute Gasteiger partial charge is 0.138 e. The van der Waals surface area contributed by atoms with E-state index in [1.54, 1.807) is 12.1 Å². The Balaban J connectivity index is 1.55. The summed E-state index contributed by atoms with van der Waals surface area (Å²) in [4.78, 5) is 9.56. The van der Waals surface area contributed by atoms with Crippen LogP contribution in [0.15, 0.2) is 48.7 Å². The van der Waals surface area contributed by atoms with Crippen LogP contribution in [-0.4, -0.2) is 14.9 Å². The second kappa shape index (κ2) is 6.12. The molecule has 4 rings (SSSR count). The van der Waals surface area contributed by atoms with Crippen molar-refractivity contribution in [3.8, 4) is 11.4 Å². The Bertz CT molecular complexity index is 962. The number of hydrogen-bond donors (Lipinski definition) is 1. The van der Waals surface area contributed by atoms with Crippen LogP contribution in [0.25, 0.3) is 17.5 Å². The first-order valence-corrected chi connectivity index (χ1v) is 7.79. The van der Waals surface area contributed by atoms with E-state index in [0.717, 1.165) is 17.5 Å². The molecule has 6 heteroatoms. The lowest BCUT2D eigenvalue weighted by atomic mass is 10.1. The highest BCUT2D eigenvalue weighted by atomic mass is 19.1. The molecule has 0 bridgehead atoms. The van der Waals surface area contributed by atoms with Crippen molar-refractivity contribution in [3.05, 3.63) is 83.1 Å². The number of benzene rings is 2. The van der Waals surface area contributed by atoms with E-state index in [0.29, 0.717) is 30.0 Å². The van der Waals surface area contributed by atoms with Gasteiger partial charge in [-0.15, -0.1) is 0 Å². The average Bonchev–Trinajstić information content (AvgIpc) is 3.01. The quantitative estimate of drug-likeness (QED) is 0.762. The third kappa shape index (κ3) is 3.15. The Morgan fingerprint density at radius 2 is 1.88 bits per heavy atom. The van der Waals surface area contributed by atoms with Gasteiger partial charge in [-0.3, -0.25) is 0 Å². The van der Waals surface area contributed by atoms with Gasteiger partial charge >= 0.3 is 0 Å². The molecule has 0 radical (unpaired) electrons. The summed E-state index contributed by atoms with van der Waals surface area (Å²) in [5.74, 6) is -0.893. The predicted molar refractivity (Wildman–Crippen MR) is 88.6 cm³/mol. The molecule has 0 spiro atoms. The first-order chi connectivity index (χ1) is 12.1. The molecule has 25 heavy (non-hydrogen) atoms. The van der Waals surface area contributed by atoms with Crippen LogP contribution in [0.4, 0.5) is 13.2 Å². The van der Waals surface area contributed by atoms with Crippen LogP contribution in [-0.2, 0) is 13.1 Å². The number of aromatic nitrogens is 2. The number of rotatable bonds is 3. The molecule has 3 nitrogen and oxygen atoms in total. The third-order valence-electron chi connectivity index (χ3n) is 4.10. The van der Waals surface area contributed by atoms with Gasteiger partial charge in [-0.1, -0.05) is 18.2 Å². The highest BCUT2D eigenvalue weighted by Crippen LogP contribution is 2.25. The van der Waals surface area contributed by atoms with Gasteiger partial charge in [-0.2, -0.15) is 0 Å². The second-order valence-electron chi connectivity index (χ2n) is 5.92. The Morgan fingerprint density at radius 3 is 2.68 bits per heavy atom. The molecule has 1 aliphatic heterocycles. The molecule has 0 fully saturated rings. The Kier molecular flexibility index (Phi) is 3.80. The number of nitrogens with one attached hydrogen (secondary N) is 1. The maximum Gasteiger partial charge on any atom is 0.138 e. The molecule has 0 aliphatic carbocycles. The number of aromatic amines is 1. The standard InChI is InChI=1S/C19H14F3N3/c20-14-3-1-2-12(8-14)19-23-17-6-7-25(11-18(17)24-19)10-13-4-5-15(21)9-16(13)22/h1-9H,10-11H2,(H,23,24). The lowest BCUT2D eigenvalue weighted by molar-refractivity contribution is 0.348. The summed E-state index contributed by atoms with van der Waals surface area (Å²) < 4.78 is 40.2. The molecule has 2 aromatic carbocycles. The van der Waals surface area contributed by atoms with Gasteiger partial charge in [0.2, 0.25) is 0 Å². The van der Waals surface area contributed by atoms with E-state index in [4.69, 9.17) is 0 Å². The molecule has 0 atom stereocenters. The molecule has 0 unspecified atom stereocenters. The van der Waals surface area contributed by atoms with Crippen molar-refractivity contribution in [1.29, 1.82) is 0 Å². The monoisotopic (exact) mass is 341 g/mol. The minimum absolute atomic E-state index is 0.316. The zero-order valence-corrected chi connectivity index (χ0v) is 13.1. The maximum absolute atomic E-state index is 13.8. The van der Waals surface area contributed by atoms with E-state index < -0.39 is 11.6 Å². The van der Waals surface area contributed by atoms with E-state index in [1.807, 2.05) is 17.2 Å². The van der Waals surface area contributed by atoms with Crippen molar-refractivity contribution in [2.75, 3.05) is 0 Å². The van der Waals surface area contributed by atoms with Gasteiger partial charge in [0.15, 0.2) is 0 Å². The van der Waals surface area contributed by atoms with Crippen LogP contribution in [0.3, 0.4) is 0 Å². The van der Waals surface area contributed by atoms with E-state index in [1.165, 1.54) is 24.3 Å². The SMILES string of the molecule is Fc1cccc(-c2nc3c([nH]2)CN(Cc2ccc(F)cc2F)C=C3)c1. The normalized spacial score (nSPS) is 13.2. The molecule has 1 aliphatic rings. The highest BCUT2D eigenvalue weighted by molar-refractivity contribution is 5.60. The lowest BCUT2D eigenvalue weighted by Crippen LogP contribution is -2.20. The first kappa shape index (κ1) is 15.5. The zero-order chi connectivity index (χ0) is 17.4. The largest absolute Gasteiger partial charge is 0.367 e. The van der Waals surface area contributed by atoms with Crippen LogP contribution in [0.1, 0.15) is 17.0 Å². The minimum atomic E-state index is -0.592. The number of fused-ring (bicyclic) bond motifs is 1. The van der Waals surface area contributed by atoms with Crippen molar-refractivity contribution in [3.63, 3.8) is 0 Å². The van der Waals surface area contributed by atoms with Gasteiger partial charge in [-0.05, 0) is 24.3 Å². The molecule has 0 amide bonds. The zero-order valence-electron chi connectivity index (χ0n) is 13.1. The van der Waals surface area contributed by atoms with Crippen molar-refractivity contribution in [2.24, 2.45) is 0 Å². The number of hydrogen-bond acceptors (Lipinski definition) is 2. The number of halogens is 3.